The van der Waals surface area contributed by atoms with Gasteiger partial charge in [0.25, 0.3) is 0 Å². The van der Waals surface area contributed by atoms with Crippen molar-refractivity contribution < 1.29 is 13.2 Å². The molecular weight excluding hydrogens is 494 g/mol. The fourth-order valence-corrected chi connectivity index (χ4v) is 3.20. The lowest BCUT2D eigenvalue weighted by molar-refractivity contribution is -0.137. The van der Waals surface area contributed by atoms with Gasteiger partial charge in [-0.15, -0.1) is 24.0 Å². The van der Waals surface area contributed by atoms with E-state index in [1.54, 1.807) is 13.2 Å². The summed E-state index contributed by atoms with van der Waals surface area (Å²) in [7, 11) is 1.74. The first-order valence-corrected chi connectivity index (χ1v) is 9.25. The molecule has 0 atom stereocenters. The summed E-state index contributed by atoms with van der Waals surface area (Å²) in [5.74, 6) is 1.79. The molecule has 2 heterocycles. The van der Waals surface area contributed by atoms with Crippen LogP contribution in [-0.2, 0) is 12.6 Å². The lowest BCUT2D eigenvalue weighted by Gasteiger charge is -2.37. The fraction of sp³-hybridized carbons (Fsp3) is 0.400. The smallest absolute Gasteiger partial charge is 0.356 e. The fourth-order valence-electron chi connectivity index (χ4n) is 3.20. The van der Waals surface area contributed by atoms with E-state index in [1.165, 1.54) is 12.1 Å². The van der Waals surface area contributed by atoms with E-state index in [-0.39, 0.29) is 24.0 Å². The monoisotopic (exact) mass is 519 g/mol. The maximum absolute atomic E-state index is 12.6. The van der Waals surface area contributed by atoms with Gasteiger partial charge in [-0.2, -0.15) is 13.2 Å². The summed E-state index contributed by atoms with van der Waals surface area (Å²) in [6.45, 7) is 3.98. The van der Waals surface area contributed by atoms with Gasteiger partial charge in [0.2, 0.25) is 0 Å². The first kappa shape index (κ1) is 23.2. The van der Waals surface area contributed by atoms with Crippen molar-refractivity contribution in [1.82, 2.24) is 15.2 Å². The predicted molar refractivity (Wildman–Crippen MR) is 120 cm³/mol. The number of guanidine groups is 1. The third-order valence-electron chi connectivity index (χ3n) is 4.74. The van der Waals surface area contributed by atoms with Gasteiger partial charge in [0.15, 0.2) is 5.96 Å². The highest BCUT2D eigenvalue weighted by molar-refractivity contribution is 14.0. The Balaban J connectivity index is 0.00000300. The van der Waals surface area contributed by atoms with E-state index in [0.29, 0.717) is 13.0 Å². The molecule has 0 aliphatic carbocycles. The van der Waals surface area contributed by atoms with Crippen LogP contribution in [0.2, 0.25) is 0 Å². The Morgan fingerprint density at radius 1 is 1.07 bits per heavy atom. The van der Waals surface area contributed by atoms with Gasteiger partial charge in [0.1, 0.15) is 5.82 Å². The van der Waals surface area contributed by atoms with E-state index < -0.39 is 11.7 Å². The number of benzene rings is 1. The number of pyridine rings is 1. The zero-order valence-electron chi connectivity index (χ0n) is 16.2. The number of aromatic nitrogens is 1. The normalized spacial score (nSPS) is 15.1. The number of rotatable bonds is 4. The van der Waals surface area contributed by atoms with Crippen molar-refractivity contribution in [2.75, 3.05) is 44.7 Å². The summed E-state index contributed by atoms with van der Waals surface area (Å²) in [6.07, 6.45) is -1.87. The van der Waals surface area contributed by atoms with Crippen LogP contribution in [0.25, 0.3) is 0 Å². The second-order valence-electron chi connectivity index (χ2n) is 6.58. The van der Waals surface area contributed by atoms with E-state index in [1.807, 2.05) is 18.2 Å². The van der Waals surface area contributed by atoms with Crippen LogP contribution in [0.5, 0.6) is 0 Å². The Bertz CT molecular complexity index is 773. The molecule has 0 spiro atoms. The molecular formula is C20H25F3IN5. The van der Waals surface area contributed by atoms with Crippen molar-refractivity contribution in [2.24, 2.45) is 4.99 Å². The number of halogens is 4. The maximum atomic E-state index is 12.6. The molecule has 0 bridgehead atoms. The molecule has 0 amide bonds. The van der Waals surface area contributed by atoms with Crippen molar-refractivity contribution >= 4 is 35.8 Å². The minimum atomic E-state index is -4.30. The van der Waals surface area contributed by atoms with Gasteiger partial charge in [-0.25, -0.2) is 4.98 Å². The standard InChI is InChI=1S/C20H24F3N5.HI/c1-24-19(26-11-9-16-5-7-17(8-6-16)20(21,22)23)28-14-12-27(13-15-28)18-4-2-3-10-25-18;/h2-8,10H,9,11-15H2,1H3,(H,24,26);1H. The maximum Gasteiger partial charge on any atom is 0.416 e. The number of nitrogens with zero attached hydrogens (tertiary/aromatic N) is 4. The second-order valence-corrected chi connectivity index (χ2v) is 6.58. The SMILES string of the molecule is CN=C(NCCc1ccc(C(F)(F)F)cc1)N1CCN(c2ccccn2)CC1.I. The molecule has 3 rings (SSSR count). The van der Waals surface area contributed by atoms with Crippen LogP contribution < -0.4 is 10.2 Å². The molecule has 0 saturated carbocycles. The molecule has 0 radical (unpaired) electrons. The third kappa shape index (κ3) is 6.48. The summed E-state index contributed by atoms with van der Waals surface area (Å²) < 4.78 is 37.9. The average Bonchev–Trinajstić information content (AvgIpc) is 2.72. The highest BCUT2D eigenvalue weighted by atomic mass is 127. The number of nitrogens with one attached hydrogen (secondary N) is 1. The van der Waals surface area contributed by atoms with Crippen molar-refractivity contribution in [2.45, 2.75) is 12.6 Å². The number of hydrogen-bond acceptors (Lipinski definition) is 3. The van der Waals surface area contributed by atoms with Crippen LogP contribution in [0.15, 0.2) is 53.7 Å². The number of piperazine rings is 1. The van der Waals surface area contributed by atoms with Gasteiger partial charge < -0.3 is 15.1 Å². The van der Waals surface area contributed by atoms with Gasteiger partial charge >= 0.3 is 6.18 Å². The Morgan fingerprint density at radius 3 is 2.31 bits per heavy atom. The Morgan fingerprint density at radius 2 is 1.76 bits per heavy atom. The van der Waals surface area contributed by atoms with Crippen molar-refractivity contribution in [1.29, 1.82) is 0 Å². The minimum Gasteiger partial charge on any atom is -0.356 e. The summed E-state index contributed by atoms with van der Waals surface area (Å²) >= 11 is 0. The first-order chi connectivity index (χ1) is 13.5. The summed E-state index contributed by atoms with van der Waals surface area (Å²) in [4.78, 5) is 13.2. The van der Waals surface area contributed by atoms with Crippen LogP contribution in [-0.4, -0.2) is 55.6 Å². The average molecular weight is 519 g/mol. The highest BCUT2D eigenvalue weighted by Crippen LogP contribution is 2.29. The van der Waals surface area contributed by atoms with E-state index in [0.717, 1.165) is 55.7 Å². The van der Waals surface area contributed by atoms with Crippen LogP contribution in [0, 0.1) is 0 Å². The minimum absolute atomic E-state index is 0. The summed E-state index contributed by atoms with van der Waals surface area (Å²) in [5.41, 5.74) is 0.238. The van der Waals surface area contributed by atoms with Crippen molar-refractivity contribution in [3.63, 3.8) is 0 Å². The molecule has 1 aliphatic heterocycles. The zero-order valence-corrected chi connectivity index (χ0v) is 18.5. The van der Waals surface area contributed by atoms with Crippen LogP contribution in [0.1, 0.15) is 11.1 Å². The predicted octanol–water partition coefficient (Wildman–Crippen LogP) is 3.66. The van der Waals surface area contributed by atoms with Crippen LogP contribution >= 0.6 is 24.0 Å². The molecule has 1 aliphatic rings. The third-order valence-corrected chi connectivity index (χ3v) is 4.74. The Hall–Kier alpha value is -2.04. The number of hydrogen-bond donors (Lipinski definition) is 1. The number of aliphatic imine (C=N–C) groups is 1. The topological polar surface area (TPSA) is 43.8 Å². The Kier molecular flexibility index (Phi) is 8.54. The molecule has 29 heavy (non-hydrogen) atoms. The van der Waals surface area contributed by atoms with E-state index >= 15 is 0 Å². The Labute approximate surface area is 186 Å². The largest absolute Gasteiger partial charge is 0.416 e. The molecule has 9 heteroatoms. The van der Waals surface area contributed by atoms with Gasteiger partial charge in [0, 0.05) is 46.0 Å². The molecule has 0 unspecified atom stereocenters. The molecule has 1 aromatic carbocycles. The lowest BCUT2D eigenvalue weighted by Crippen LogP contribution is -2.53. The quantitative estimate of drug-likeness (QED) is 0.381. The van der Waals surface area contributed by atoms with Crippen LogP contribution in [0.4, 0.5) is 19.0 Å². The highest BCUT2D eigenvalue weighted by Gasteiger charge is 2.29. The van der Waals surface area contributed by atoms with Gasteiger partial charge in [0.05, 0.1) is 5.56 Å². The molecule has 1 aromatic heterocycles. The van der Waals surface area contributed by atoms with Crippen molar-refractivity contribution in [3.05, 3.63) is 59.8 Å². The van der Waals surface area contributed by atoms with E-state index in [4.69, 9.17) is 0 Å². The summed E-state index contributed by atoms with van der Waals surface area (Å²) in [6, 6.07) is 11.2. The first-order valence-electron chi connectivity index (χ1n) is 9.25. The second kappa shape index (κ2) is 10.7. The van der Waals surface area contributed by atoms with Crippen molar-refractivity contribution in [3.8, 4) is 0 Å². The number of anilines is 1. The lowest BCUT2D eigenvalue weighted by atomic mass is 10.1. The molecule has 5 nitrogen and oxygen atoms in total. The van der Waals surface area contributed by atoms with Crippen LogP contribution in [0.3, 0.4) is 0 Å². The molecule has 158 valence electrons. The van der Waals surface area contributed by atoms with E-state index in [2.05, 4.69) is 25.1 Å². The van der Waals surface area contributed by atoms with Gasteiger partial charge in [-0.3, -0.25) is 4.99 Å². The van der Waals surface area contributed by atoms with Gasteiger partial charge in [-0.05, 0) is 36.2 Å². The molecule has 1 fully saturated rings. The van der Waals surface area contributed by atoms with Gasteiger partial charge in [-0.1, -0.05) is 18.2 Å². The molecule has 1 saturated heterocycles. The summed E-state index contributed by atoms with van der Waals surface area (Å²) in [5, 5.41) is 3.31. The number of alkyl halides is 3. The molecule has 2 aromatic rings. The molecule has 1 N–H and O–H groups in total. The van der Waals surface area contributed by atoms with E-state index in [9.17, 15) is 13.2 Å². The zero-order chi connectivity index (χ0) is 20.0.